The van der Waals surface area contributed by atoms with Gasteiger partial charge in [0, 0.05) is 35.2 Å². The van der Waals surface area contributed by atoms with Crippen LogP contribution in [-0.2, 0) is 0 Å². The Morgan fingerprint density at radius 3 is 1.34 bits per heavy atom. The second kappa shape index (κ2) is 10.8. The molecule has 0 aliphatic carbocycles. The van der Waals surface area contributed by atoms with Gasteiger partial charge in [-0.2, -0.15) is 0 Å². The van der Waals surface area contributed by atoms with Crippen LogP contribution < -0.4 is 9.80 Å². The standard InChI is InChI=1S/C30H24Cl2N4O2/c1-3-35(19-11-7-5-8-12-19)29(37)25-17-23(31)21-15-16-22-24(32)18-26(34-28(22)27(21)33-25)30(38)36(4-2)20-13-9-6-10-14-20/h5-18H,3-4H2,1-2H3. The molecule has 0 aliphatic rings. The van der Waals surface area contributed by atoms with Gasteiger partial charge in [-0.3, -0.25) is 9.59 Å². The van der Waals surface area contributed by atoms with E-state index in [1.807, 2.05) is 74.5 Å². The van der Waals surface area contributed by atoms with Crippen LogP contribution in [-0.4, -0.2) is 34.9 Å². The van der Waals surface area contributed by atoms with Gasteiger partial charge in [0.2, 0.25) is 0 Å². The van der Waals surface area contributed by atoms with Crippen LogP contribution in [0.1, 0.15) is 34.8 Å². The zero-order valence-electron chi connectivity index (χ0n) is 20.9. The van der Waals surface area contributed by atoms with Crippen molar-refractivity contribution in [1.82, 2.24) is 9.97 Å². The Morgan fingerprint density at radius 2 is 1.00 bits per heavy atom. The Kier molecular flexibility index (Phi) is 7.27. The third-order valence-corrected chi connectivity index (χ3v) is 6.98. The highest BCUT2D eigenvalue weighted by molar-refractivity contribution is 6.39. The fourth-order valence-electron chi connectivity index (χ4n) is 4.49. The zero-order valence-corrected chi connectivity index (χ0v) is 22.4. The third kappa shape index (κ3) is 4.69. The number of anilines is 2. The Hall–Kier alpha value is -4.00. The third-order valence-electron chi connectivity index (χ3n) is 6.35. The maximum absolute atomic E-state index is 13.5. The highest BCUT2D eigenvalue weighted by Gasteiger charge is 2.23. The number of amides is 2. The van der Waals surface area contributed by atoms with Gasteiger partial charge >= 0.3 is 0 Å². The van der Waals surface area contributed by atoms with Crippen LogP contribution in [0.4, 0.5) is 11.4 Å². The van der Waals surface area contributed by atoms with Crippen molar-refractivity contribution in [1.29, 1.82) is 0 Å². The van der Waals surface area contributed by atoms with E-state index in [0.29, 0.717) is 44.9 Å². The molecule has 6 nitrogen and oxygen atoms in total. The number of para-hydroxylation sites is 2. The van der Waals surface area contributed by atoms with Crippen LogP contribution in [0.5, 0.6) is 0 Å². The van der Waals surface area contributed by atoms with Crippen LogP contribution in [0, 0.1) is 0 Å². The average Bonchev–Trinajstić information content (AvgIpc) is 2.94. The summed E-state index contributed by atoms with van der Waals surface area (Å²) in [5.74, 6) is -0.585. The summed E-state index contributed by atoms with van der Waals surface area (Å²) in [4.78, 5) is 39.7. The van der Waals surface area contributed by atoms with Crippen LogP contribution in [0.25, 0.3) is 21.8 Å². The summed E-state index contributed by atoms with van der Waals surface area (Å²) in [6.07, 6.45) is 0. The summed E-state index contributed by atoms with van der Waals surface area (Å²) >= 11 is 13.3. The van der Waals surface area contributed by atoms with Gasteiger partial charge in [0.25, 0.3) is 11.8 Å². The van der Waals surface area contributed by atoms with Crippen molar-refractivity contribution in [3.8, 4) is 0 Å². The van der Waals surface area contributed by atoms with E-state index in [9.17, 15) is 9.59 Å². The van der Waals surface area contributed by atoms with Gasteiger partial charge in [0.15, 0.2) is 0 Å². The topological polar surface area (TPSA) is 66.4 Å². The number of nitrogens with zero attached hydrogens (tertiary/aromatic N) is 4. The number of aromatic nitrogens is 2. The van der Waals surface area contributed by atoms with E-state index in [0.717, 1.165) is 11.4 Å². The van der Waals surface area contributed by atoms with Crippen molar-refractivity contribution in [3.05, 3.63) is 106 Å². The van der Waals surface area contributed by atoms with Gasteiger partial charge in [-0.25, -0.2) is 9.97 Å². The molecule has 0 unspecified atom stereocenters. The van der Waals surface area contributed by atoms with Crippen LogP contribution >= 0.6 is 23.2 Å². The molecule has 5 aromatic rings. The summed E-state index contributed by atoms with van der Waals surface area (Å²) in [5, 5.41) is 1.95. The first-order valence-corrected chi connectivity index (χ1v) is 13.0. The summed E-state index contributed by atoms with van der Waals surface area (Å²) in [7, 11) is 0. The zero-order chi connectivity index (χ0) is 26.8. The molecule has 0 radical (unpaired) electrons. The number of benzene rings is 3. The molecule has 0 bridgehead atoms. The Bertz CT molecular complexity index is 1540. The number of fused-ring (bicyclic) bond motifs is 3. The van der Waals surface area contributed by atoms with Crippen molar-refractivity contribution in [2.45, 2.75) is 13.8 Å². The number of carbonyl (C=O) groups excluding carboxylic acids is 2. The summed E-state index contributed by atoms with van der Waals surface area (Å²) in [6.45, 7) is 4.69. The number of carbonyl (C=O) groups is 2. The Morgan fingerprint density at radius 1 is 0.632 bits per heavy atom. The average molecular weight is 543 g/mol. The quantitative estimate of drug-likeness (QED) is 0.209. The lowest BCUT2D eigenvalue weighted by molar-refractivity contribution is 0.0976. The van der Waals surface area contributed by atoms with E-state index in [1.165, 1.54) is 0 Å². The van der Waals surface area contributed by atoms with Crippen molar-refractivity contribution >= 4 is 68.2 Å². The smallest absolute Gasteiger partial charge is 0.276 e. The minimum Gasteiger partial charge on any atom is -0.307 e. The summed E-state index contributed by atoms with van der Waals surface area (Å²) in [5.41, 5.74) is 2.67. The molecule has 0 saturated carbocycles. The van der Waals surface area contributed by atoms with Gasteiger partial charge in [0.05, 0.1) is 21.1 Å². The lowest BCUT2D eigenvalue weighted by Crippen LogP contribution is -2.31. The monoisotopic (exact) mass is 542 g/mol. The van der Waals surface area contributed by atoms with E-state index in [4.69, 9.17) is 33.2 Å². The largest absolute Gasteiger partial charge is 0.307 e. The molecule has 0 atom stereocenters. The molecule has 0 N–H and O–H groups in total. The maximum Gasteiger partial charge on any atom is 0.276 e. The number of hydrogen-bond donors (Lipinski definition) is 0. The molecular weight excluding hydrogens is 519 g/mol. The number of pyridine rings is 2. The fraction of sp³-hybridized carbons (Fsp3) is 0.133. The molecule has 0 aliphatic heterocycles. The van der Waals surface area contributed by atoms with Crippen molar-refractivity contribution in [2.24, 2.45) is 0 Å². The van der Waals surface area contributed by atoms with Crippen molar-refractivity contribution in [2.75, 3.05) is 22.9 Å². The van der Waals surface area contributed by atoms with Gasteiger partial charge in [-0.15, -0.1) is 0 Å². The number of rotatable bonds is 6. The van der Waals surface area contributed by atoms with Gasteiger partial charge in [-0.05, 0) is 50.2 Å². The maximum atomic E-state index is 13.5. The summed E-state index contributed by atoms with van der Waals surface area (Å²) in [6, 6.07) is 25.5. The first-order valence-electron chi connectivity index (χ1n) is 12.3. The van der Waals surface area contributed by atoms with E-state index in [2.05, 4.69) is 0 Å². The van der Waals surface area contributed by atoms with Crippen LogP contribution in [0.2, 0.25) is 10.0 Å². The molecule has 0 saturated heterocycles. The van der Waals surface area contributed by atoms with Crippen molar-refractivity contribution < 1.29 is 9.59 Å². The predicted octanol–water partition coefficient (Wildman–Crippen LogP) is 7.42. The molecule has 2 aromatic heterocycles. The Labute approximate surface area is 230 Å². The van der Waals surface area contributed by atoms with Gasteiger partial charge < -0.3 is 9.80 Å². The molecule has 0 spiro atoms. The second-order valence-corrected chi connectivity index (χ2v) is 9.42. The molecule has 8 heteroatoms. The highest BCUT2D eigenvalue weighted by Crippen LogP contribution is 2.33. The highest BCUT2D eigenvalue weighted by atomic mass is 35.5. The van der Waals surface area contributed by atoms with Crippen LogP contribution in [0.15, 0.2) is 84.9 Å². The normalized spacial score (nSPS) is 11.1. The SMILES string of the molecule is CCN(C(=O)c1cc(Cl)c2ccc3c(Cl)cc(C(=O)N(CC)c4ccccc4)nc3c2n1)c1ccccc1. The molecular formula is C30H24Cl2N4O2. The minimum atomic E-state index is -0.293. The number of halogens is 2. The number of hydrogen-bond acceptors (Lipinski definition) is 4. The van der Waals surface area contributed by atoms with Crippen molar-refractivity contribution in [3.63, 3.8) is 0 Å². The molecule has 0 fully saturated rings. The molecule has 3 aromatic carbocycles. The molecule has 190 valence electrons. The fourth-order valence-corrected chi connectivity index (χ4v) is 5.00. The lowest BCUT2D eigenvalue weighted by atomic mass is 10.1. The van der Waals surface area contributed by atoms with E-state index < -0.39 is 0 Å². The first kappa shape index (κ1) is 25.6. The van der Waals surface area contributed by atoms with E-state index in [1.54, 1.807) is 34.1 Å². The van der Waals surface area contributed by atoms with Gasteiger partial charge in [0.1, 0.15) is 11.4 Å². The minimum absolute atomic E-state index is 0.176. The lowest BCUT2D eigenvalue weighted by Gasteiger charge is -2.21. The Balaban J connectivity index is 1.65. The first-order chi connectivity index (χ1) is 18.4. The van der Waals surface area contributed by atoms with Crippen LogP contribution in [0.3, 0.4) is 0 Å². The predicted molar refractivity (Wildman–Crippen MR) is 155 cm³/mol. The summed E-state index contributed by atoms with van der Waals surface area (Å²) < 4.78 is 0. The molecule has 38 heavy (non-hydrogen) atoms. The molecule has 2 amide bonds. The molecule has 5 rings (SSSR count). The van der Waals surface area contributed by atoms with E-state index in [-0.39, 0.29) is 23.2 Å². The van der Waals surface area contributed by atoms with E-state index >= 15 is 0 Å². The molecule has 2 heterocycles. The second-order valence-electron chi connectivity index (χ2n) is 8.61. The van der Waals surface area contributed by atoms with Gasteiger partial charge in [-0.1, -0.05) is 71.7 Å².